The van der Waals surface area contributed by atoms with Gasteiger partial charge in [-0.05, 0) is 24.3 Å². The van der Waals surface area contributed by atoms with Crippen LogP contribution in [-0.2, 0) is 0 Å². The van der Waals surface area contributed by atoms with E-state index in [4.69, 9.17) is 11.6 Å². The van der Waals surface area contributed by atoms with E-state index in [0.717, 1.165) is 22.4 Å². The molecule has 106 valence electrons. The van der Waals surface area contributed by atoms with Crippen molar-refractivity contribution in [3.8, 4) is 0 Å². The molecule has 0 unspecified atom stereocenters. The Bertz CT molecular complexity index is 781. The lowest BCUT2D eigenvalue weighted by Crippen LogP contribution is -2.02. The summed E-state index contributed by atoms with van der Waals surface area (Å²) in [5, 5.41) is 4.79. The van der Waals surface area contributed by atoms with Gasteiger partial charge in [0.05, 0.1) is 5.52 Å². The summed E-state index contributed by atoms with van der Waals surface area (Å²) in [7, 11) is 0. The van der Waals surface area contributed by atoms with Gasteiger partial charge in [0.2, 0.25) is 0 Å². The average molecular weight is 299 g/mol. The fourth-order valence-electron chi connectivity index (χ4n) is 2.11. The summed E-state index contributed by atoms with van der Waals surface area (Å²) in [6.45, 7) is 4.08. The zero-order valence-corrected chi connectivity index (χ0v) is 12.6. The zero-order valence-electron chi connectivity index (χ0n) is 11.8. The number of anilines is 2. The molecule has 1 N–H and O–H groups in total. The van der Waals surface area contributed by atoms with Crippen LogP contribution in [0.5, 0.6) is 0 Å². The van der Waals surface area contributed by atoms with Crippen molar-refractivity contribution >= 4 is 34.0 Å². The van der Waals surface area contributed by atoms with Gasteiger partial charge in [-0.1, -0.05) is 31.5 Å². The fourth-order valence-corrected chi connectivity index (χ4v) is 2.30. The molecule has 5 heteroatoms. The van der Waals surface area contributed by atoms with E-state index in [-0.39, 0.29) is 5.92 Å². The first-order valence-electron chi connectivity index (χ1n) is 6.79. The molecule has 0 bridgehead atoms. The van der Waals surface area contributed by atoms with Gasteiger partial charge >= 0.3 is 0 Å². The van der Waals surface area contributed by atoms with Crippen molar-refractivity contribution in [1.29, 1.82) is 0 Å². The Morgan fingerprint density at radius 3 is 2.76 bits per heavy atom. The van der Waals surface area contributed by atoms with Crippen LogP contribution in [0.15, 0.2) is 42.6 Å². The maximum Gasteiger partial charge on any atom is 0.135 e. The molecule has 0 saturated carbocycles. The Labute approximate surface area is 128 Å². The first kappa shape index (κ1) is 13.8. The van der Waals surface area contributed by atoms with Crippen molar-refractivity contribution in [2.45, 2.75) is 19.8 Å². The quantitative estimate of drug-likeness (QED) is 0.721. The highest BCUT2D eigenvalue weighted by Gasteiger charge is 2.08. The van der Waals surface area contributed by atoms with Crippen molar-refractivity contribution < 1.29 is 0 Å². The minimum absolute atomic E-state index is 0.221. The van der Waals surface area contributed by atoms with Gasteiger partial charge in [-0.2, -0.15) is 0 Å². The van der Waals surface area contributed by atoms with Crippen LogP contribution in [-0.4, -0.2) is 15.0 Å². The molecule has 0 saturated heterocycles. The number of benzene rings is 1. The van der Waals surface area contributed by atoms with Gasteiger partial charge in [0.1, 0.15) is 16.8 Å². The molecule has 3 rings (SSSR count). The van der Waals surface area contributed by atoms with E-state index >= 15 is 0 Å². The van der Waals surface area contributed by atoms with Crippen LogP contribution in [0.25, 0.3) is 10.9 Å². The van der Waals surface area contributed by atoms with E-state index in [1.165, 1.54) is 0 Å². The van der Waals surface area contributed by atoms with Crippen molar-refractivity contribution in [1.82, 2.24) is 15.0 Å². The molecule has 2 aromatic heterocycles. The third kappa shape index (κ3) is 2.95. The number of nitrogens with zero attached hydrogens (tertiary/aromatic N) is 3. The normalized spacial score (nSPS) is 11.0. The van der Waals surface area contributed by atoms with Crippen LogP contribution in [0.1, 0.15) is 25.6 Å². The summed E-state index contributed by atoms with van der Waals surface area (Å²) in [5.41, 5.74) is 1.89. The standard InChI is InChI=1S/C16H15ClN4/c1-10(2)16-20-14(17)9-15(21-16)19-13-7-3-6-12-11(13)5-4-8-18-12/h3-10H,1-2H3,(H,19,20,21). The monoisotopic (exact) mass is 298 g/mol. The molecular weight excluding hydrogens is 284 g/mol. The second-order valence-corrected chi connectivity index (χ2v) is 5.48. The molecule has 3 aromatic rings. The fraction of sp³-hybridized carbons (Fsp3) is 0.188. The SMILES string of the molecule is CC(C)c1nc(Cl)cc(Nc2cccc3ncccc23)n1. The number of fused-ring (bicyclic) bond motifs is 1. The summed E-state index contributed by atoms with van der Waals surface area (Å²) >= 11 is 6.08. The largest absolute Gasteiger partial charge is 0.340 e. The maximum atomic E-state index is 6.08. The third-order valence-electron chi connectivity index (χ3n) is 3.14. The minimum atomic E-state index is 0.221. The van der Waals surface area contributed by atoms with Gasteiger partial charge in [0.25, 0.3) is 0 Å². The van der Waals surface area contributed by atoms with Gasteiger partial charge in [-0.15, -0.1) is 0 Å². The smallest absolute Gasteiger partial charge is 0.135 e. The Kier molecular flexibility index (Phi) is 3.71. The second-order valence-electron chi connectivity index (χ2n) is 5.09. The second kappa shape index (κ2) is 5.66. The van der Waals surface area contributed by atoms with Crippen molar-refractivity contribution in [2.75, 3.05) is 5.32 Å². The predicted molar refractivity (Wildman–Crippen MR) is 86.2 cm³/mol. The Morgan fingerprint density at radius 2 is 1.95 bits per heavy atom. The molecule has 0 aliphatic carbocycles. The minimum Gasteiger partial charge on any atom is -0.340 e. The Balaban J connectivity index is 2.03. The molecule has 2 heterocycles. The first-order valence-corrected chi connectivity index (χ1v) is 7.16. The highest BCUT2D eigenvalue weighted by Crippen LogP contribution is 2.26. The Hall–Kier alpha value is -2.20. The number of nitrogens with one attached hydrogen (secondary N) is 1. The van der Waals surface area contributed by atoms with Gasteiger partial charge in [0, 0.05) is 29.3 Å². The zero-order chi connectivity index (χ0) is 14.8. The van der Waals surface area contributed by atoms with Gasteiger partial charge in [-0.25, -0.2) is 9.97 Å². The summed E-state index contributed by atoms with van der Waals surface area (Å²) in [6.07, 6.45) is 1.78. The molecule has 1 aromatic carbocycles. The summed E-state index contributed by atoms with van der Waals surface area (Å²) in [4.78, 5) is 13.1. The molecule has 0 spiro atoms. The van der Waals surface area contributed by atoms with Crippen LogP contribution in [0.4, 0.5) is 11.5 Å². The number of rotatable bonds is 3. The molecular formula is C16H15ClN4. The van der Waals surface area contributed by atoms with E-state index in [1.807, 2.05) is 44.2 Å². The lowest BCUT2D eigenvalue weighted by atomic mass is 10.2. The lowest BCUT2D eigenvalue weighted by Gasteiger charge is -2.11. The molecule has 0 fully saturated rings. The van der Waals surface area contributed by atoms with Gasteiger partial charge in [-0.3, -0.25) is 4.98 Å². The number of hydrogen-bond donors (Lipinski definition) is 1. The molecule has 4 nitrogen and oxygen atoms in total. The summed E-state index contributed by atoms with van der Waals surface area (Å²) in [5.74, 6) is 1.64. The highest BCUT2D eigenvalue weighted by molar-refractivity contribution is 6.29. The number of aromatic nitrogens is 3. The number of pyridine rings is 1. The predicted octanol–water partition coefficient (Wildman–Crippen LogP) is 4.55. The van der Waals surface area contributed by atoms with Crippen molar-refractivity contribution in [2.24, 2.45) is 0 Å². The van der Waals surface area contributed by atoms with Gasteiger partial charge in [0.15, 0.2) is 0 Å². The molecule has 0 radical (unpaired) electrons. The van der Waals surface area contributed by atoms with Gasteiger partial charge < -0.3 is 5.32 Å². The summed E-state index contributed by atoms with van der Waals surface area (Å²) in [6, 6.07) is 11.6. The van der Waals surface area contributed by atoms with E-state index in [9.17, 15) is 0 Å². The maximum absolute atomic E-state index is 6.08. The van der Waals surface area contributed by atoms with E-state index in [0.29, 0.717) is 11.0 Å². The van der Waals surface area contributed by atoms with Crippen LogP contribution in [0, 0.1) is 0 Å². The van der Waals surface area contributed by atoms with E-state index < -0.39 is 0 Å². The van der Waals surface area contributed by atoms with Crippen LogP contribution < -0.4 is 5.32 Å². The molecule has 0 aliphatic rings. The van der Waals surface area contributed by atoms with Crippen LogP contribution in [0.2, 0.25) is 5.15 Å². The topological polar surface area (TPSA) is 50.7 Å². The highest BCUT2D eigenvalue weighted by atomic mass is 35.5. The third-order valence-corrected chi connectivity index (χ3v) is 3.33. The van der Waals surface area contributed by atoms with Crippen molar-refractivity contribution in [3.05, 3.63) is 53.6 Å². The molecule has 0 aliphatic heterocycles. The first-order chi connectivity index (χ1) is 10.1. The van der Waals surface area contributed by atoms with Crippen LogP contribution >= 0.6 is 11.6 Å². The molecule has 0 amide bonds. The number of halogens is 1. The number of hydrogen-bond acceptors (Lipinski definition) is 4. The van der Waals surface area contributed by atoms with Crippen molar-refractivity contribution in [3.63, 3.8) is 0 Å². The van der Waals surface area contributed by atoms with E-state index in [1.54, 1.807) is 12.3 Å². The van der Waals surface area contributed by atoms with E-state index in [2.05, 4.69) is 20.3 Å². The Morgan fingerprint density at radius 1 is 1.10 bits per heavy atom. The lowest BCUT2D eigenvalue weighted by molar-refractivity contribution is 0.776. The van der Waals surface area contributed by atoms with Crippen LogP contribution in [0.3, 0.4) is 0 Å². The summed E-state index contributed by atoms with van der Waals surface area (Å²) < 4.78 is 0. The molecule has 21 heavy (non-hydrogen) atoms. The molecule has 0 atom stereocenters. The average Bonchev–Trinajstić information content (AvgIpc) is 2.47.